The summed E-state index contributed by atoms with van der Waals surface area (Å²) in [4.78, 5) is 13.5. The van der Waals surface area contributed by atoms with Gasteiger partial charge >= 0.3 is 0 Å². The minimum Gasteiger partial charge on any atom is -0.343 e. The maximum Gasteiger partial charge on any atom is 0.270 e. The molecule has 0 unspecified atom stereocenters. The molecule has 0 aliphatic carbocycles. The van der Waals surface area contributed by atoms with Gasteiger partial charge in [0.2, 0.25) is 0 Å². The van der Waals surface area contributed by atoms with Crippen LogP contribution in [0.1, 0.15) is 30.3 Å². The standard InChI is InChI=1S/C12H15F2IN2O/c1-2-16-7-9(15)6-10(16)11(18)17-5-3-4-12(13,14)8-17/h6-7H,2-5,8H2,1H3. The van der Waals surface area contributed by atoms with Gasteiger partial charge in [-0.1, -0.05) is 0 Å². The number of aryl methyl sites for hydroxylation is 1. The van der Waals surface area contributed by atoms with Crippen LogP contribution in [-0.4, -0.2) is 34.4 Å². The average Bonchev–Trinajstić information content (AvgIpc) is 2.68. The first kappa shape index (κ1) is 13.8. The Morgan fingerprint density at radius 3 is 2.89 bits per heavy atom. The Morgan fingerprint density at radius 2 is 2.28 bits per heavy atom. The number of nitrogens with zero attached hydrogens (tertiary/aromatic N) is 2. The summed E-state index contributed by atoms with van der Waals surface area (Å²) < 4.78 is 29.4. The lowest BCUT2D eigenvalue weighted by molar-refractivity contribution is -0.0562. The first-order valence-corrected chi connectivity index (χ1v) is 7.03. The van der Waals surface area contributed by atoms with Crippen molar-refractivity contribution in [3.63, 3.8) is 0 Å². The number of aromatic nitrogens is 1. The Kier molecular flexibility index (Phi) is 3.93. The van der Waals surface area contributed by atoms with Gasteiger partial charge in [0, 0.05) is 29.3 Å². The maximum absolute atomic E-state index is 13.3. The molecule has 0 spiro atoms. The summed E-state index contributed by atoms with van der Waals surface area (Å²) in [7, 11) is 0. The number of hydrogen-bond acceptors (Lipinski definition) is 1. The van der Waals surface area contributed by atoms with Crippen molar-refractivity contribution in [2.45, 2.75) is 32.2 Å². The highest BCUT2D eigenvalue weighted by Crippen LogP contribution is 2.27. The highest BCUT2D eigenvalue weighted by molar-refractivity contribution is 14.1. The molecule has 2 rings (SSSR count). The van der Waals surface area contributed by atoms with E-state index in [-0.39, 0.29) is 12.3 Å². The number of rotatable bonds is 2. The predicted molar refractivity (Wildman–Crippen MR) is 72.9 cm³/mol. The largest absolute Gasteiger partial charge is 0.343 e. The molecule has 0 bridgehead atoms. The molecule has 1 fully saturated rings. The van der Waals surface area contributed by atoms with Crippen LogP contribution >= 0.6 is 22.6 Å². The molecule has 1 aromatic rings. The molecule has 1 aromatic heterocycles. The number of piperidine rings is 1. The molecule has 0 saturated carbocycles. The molecule has 6 heteroatoms. The first-order valence-electron chi connectivity index (χ1n) is 5.96. The Morgan fingerprint density at radius 1 is 1.56 bits per heavy atom. The molecule has 0 aromatic carbocycles. The summed E-state index contributed by atoms with van der Waals surface area (Å²) in [5.41, 5.74) is 0.500. The van der Waals surface area contributed by atoms with Crippen molar-refractivity contribution in [1.82, 2.24) is 9.47 Å². The van der Waals surface area contributed by atoms with E-state index in [0.717, 1.165) is 3.57 Å². The summed E-state index contributed by atoms with van der Waals surface area (Å²) in [5.74, 6) is -3.04. The number of hydrogen-bond donors (Lipinski definition) is 0. The van der Waals surface area contributed by atoms with Crippen LogP contribution in [0.5, 0.6) is 0 Å². The quantitative estimate of drug-likeness (QED) is 0.737. The zero-order chi connectivity index (χ0) is 13.3. The molecule has 1 aliphatic heterocycles. The second-order valence-electron chi connectivity index (χ2n) is 4.52. The van der Waals surface area contributed by atoms with Gasteiger partial charge in [0.25, 0.3) is 11.8 Å². The molecule has 1 saturated heterocycles. The second-order valence-corrected chi connectivity index (χ2v) is 5.76. The van der Waals surface area contributed by atoms with Crippen LogP contribution in [0.25, 0.3) is 0 Å². The zero-order valence-electron chi connectivity index (χ0n) is 10.1. The van der Waals surface area contributed by atoms with Crippen molar-refractivity contribution in [2.24, 2.45) is 0 Å². The van der Waals surface area contributed by atoms with Gasteiger partial charge in [-0.15, -0.1) is 0 Å². The van der Waals surface area contributed by atoms with E-state index in [1.807, 2.05) is 13.1 Å². The van der Waals surface area contributed by atoms with Gasteiger partial charge in [-0.25, -0.2) is 8.78 Å². The molecule has 2 heterocycles. The number of carbonyl (C=O) groups excluding carboxylic acids is 1. The fourth-order valence-corrected chi connectivity index (χ4v) is 2.85. The number of carbonyl (C=O) groups is 1. The smallest absolute Gasteiger partial charge is 0.270 e. The summed E-state index contributed by atoms with van der Waals surface area (Å²) in [6.07, 6.45) is 2.10. The number of amides is 1. The van der Waals surface area contributed by atoms with Gasteiger partial charge in [-0.3, -0.25) is 4.79 Å². The topological polar surface area (TPSA) is 25.2 Å². The van der Waals surface area contributed by atoms with Gasteiger partial charge in [0.1, 0.15) is 5.69 Å². The first-order chi connectivity index (χ1) is 8.43. The van der Waals surface area contributed by atoms with E-state index >= 15 is 0 Å². The third-order valence-corrected chi connectivity index (χ3v) is 3.69. The van der Waals surface area contributed by atoms with Crippen LogP contribution in [0.3, 0.4) is 0 Å². The Labute approximate surface area is 118 Å². The normalized spacial score (nSPS) is 19.0. The second kappa shape index (κ2) is 5.14. The third kappa shape index (κ3) is 2.84. The highest BCUT2D eigenvalue weighted by Gasteiger charge is 2.37. The van der Waals surface area contributed by atoms with E-state index in [2.05, 4.69) is 22.6 Å². The SMILES string of the molecule is CCn1cc(I)cc1C(=O)N1CCCC(F)(F)C1. The van der Waals surface area contributed by atoms with Crippen LogP contribution in [0.2, 0.25) is 0 Å². The number of halogens is 3. The van der Waals surface area contributed by atoms with Crippen LogP contribution in [0, 0.1) is 3.57 Å². The van der Waals surface area contributed by atoms with Gasteiger partial charge in [-0.05, 0) is 42.0 Å². The molecular formula is C12H15F2IN2O. The van der Waals surface area contributed by atoms with Crippen molar-refractivity contribution < 1.29 is 13.6 Å². The lowest BCUT2D eigenvalue weighted by atomic mass is 10.1. The summed E-state index contributed by atoms with van der Waals surface area (Å²) in [5, 5.41) is 0. The molecule has 100 valence electrons. The monoisotopic (exact) mass is 368 g/mol. The molecule has 1 aliphatic rings. The van der Waals surface area contributed by atoms with Crippen LogP contribution < -0.4 is 0 Å². The van der Waals surface area contributed by atoms with Crippen molar-refractivity contribution in [3.05, 3.63) is 21.5 Å². The predicted octanol–water partition coefficient (Wildman–Crippen LogP) is 2.98. The van der Waals surface area contributed by atoms with E-state index in [0.29, 0.717) is 25.2 Å². The zero-order valence-corrected chi connectivity index (χ0v) is 12.3. The van der Waals surface area contributed by atoms with Crippen LogP contribution in [0.15, 0.2) is 12.3 Å². The van der Waals surface area contributed by atoms with E-state index < -0.39 is 12.5 Å². The van der Waals surface area contributed by atoms with Crippen LogP contribution in [0.4, 0.5) is 8.78 Å². The molecule has 3 nitrogen and oxygen atoms in total. The van der Waals surface area contributed by atoms with Crippen molar-refractivity contribution in [2.75, 3.05) is 13.1 Å². The van der Waals surface area contributed by atoms with Gasteiger partial charge in [-0.2, -0.15) is 0 Å². The van der Waals surface area contributed by atoms with E-state index in [1.165, 1.54) is 4.90 Å². The van der Waals surface area contributed by atoms with Crippen molar-refractivity contribution in [3.8, 4) is 0 Å². The van der Waals surface area contributed by atoms with Crippen molar-refractivity contribution in [1.29, 1.82) is 0 Å². The molecule has 0 N–H and O–H groups in total. The van der Waals surface area contributed by atoms with Gasteiger partial charge < -0.3 is 9.47 Å². The van der Waals surface area contributed by atoms with E-state index in [1.54, 1.807) is 10.6 Å². The molecule has 1 amide bonds. The lowest BCUT2D eigenvalue weighted by Gasteiger charge is -2.32. The summed E-state index contributed by atoms with van der Waals surface area (Å²) >= 11 is 2.12. The summed E-state index contributed by atoms with van der Waals surface area (Å²) in [6, 6.07) is 1.75. The van der Waals surface area contributed by atoms with Crippen molar-refractivity contribution >= 4 is 28.5 Å². The molecule has 0 atom stereocenters. The fourth-order valence-electron chi connectivity index (χ4n) is 2.22. The maximum atomic E-state index is 13.3. The molecule has 18 heavy (non-hydrogen) atoms. The minimum absolute atomic E-state index is 0.122. The number of alkyl halides is 2. The average molecular weight is 368 g/mol. The van der Waals surface area contributed by atoms with E-state index in [9.17, 15) is 13.6 Å². The highest BCUT2D eigenvalue weighted by atomic mass is 127. The molecule has 0 radical (unpaired) electrons. The number of likely N-dealkylation sites (tertiary alicyclic amines) is 1. The Hall–Kier alpha value is -0.660. The van der Waals surface area contributed by atoms with E-state index in [4.69, 9.17) is 0 Å². The Bertz CT molecular complexity index is 459. The van der Waals surface area contributed by atoms with Gasteiger partial charge in [0.05, 0.1) is 6.54 Å². The van der Waals surface area contributed by atoms with Crippen LogP contribution in [-0.2, 0) is 6.54 Å². The lowest BCUT2D eigenvalue weighted by Crippen LogP contribution is -2.46. The summed E-state index contributed by atoms with van der Waals surface area (Å²) in [6.45, 7) is 2.54. The minimum atomic E-state index is -2.75. The van der Waals surface area contributed by atoms with Gasteiger partial charge in [0.15, 0.2) is 0 Å². The third-order valence-electron chi connectivity index (χ3n) is 3.10. The fraction of sp³-hybridized carbons (Fsp3) is 0.583. The molecular weight excluding hydrogens is 353 g/mol. The Balaban J connectivity index is 2.20.